The van der Waals surface area contributed by atoms with Crippen LogP contribution in [0, 0.1) is 5.82 Å². The predicted molar refractivity (Wildman–Crippen MR) is 118 cm³/mol. The molecule has 4 nitrogen and oxygen atoms in total. The number of halogens is 4. The molecule has 0 atom stereocenters. The van der Waals surface area contributed by atoms with Gasteiger partial charge in [0.2, 0.25) is 0 Å². The molecule has 0 aromatic heterocycles. The molecule has 2 N–H and O–H groups in total. The SMILES string of the molecule is O=C(Nc1ccc(NC(=O)c2ccc3ccccc3c2)c(C(F)(F)F)c1)c1ccc(F)cc1. The van der Waals surface area contributed by atoms with Crippen molar-refractivity contribution in [3.63, 3.8) is 0 Å². The second-order valence-electron chi connectivity index (χ2n) is 7.24. The fourth-order valence-electron chi connectivity index (χ4n) is 3.30. The van der Waals surface area contributed by atoms with Crippen LogP contribution in [0.5, 0.6) is 0 Å². The van der Waals surface area contributed by atoms with E-state index >= 15 is 0 Å². The fourth-order valence-corrected chi connectivity index (χ4v) is 3.30. The number of hydrogen-bond donors (Lipinski definition) is 2. The zero-order chi connectivity index (χ0) is 23.6. The van der Waals surface area contributed by atoms with Crippen molar-refractivity contribution in [2.24, 2.45) is 0 Å². The van der Waals surface area contributed by atoms with Crippen molar-refractivity contribution in [3.8, 4) is 0 Å². The highest BCUT2D eigenvalue weighted by Gasteiger charge is 2.34. The first-order chi connectivity index (χ1) is 15.7. The van der Waals surface area contributed by atoms with Gasteiger partial charge in [0.15, 0.2) is 0 Å². The van der Waals surface area contributed by atoms with Gasteiger partial charge in [-0.3, -0.25) is 9.59 Å². The maximum atomic E-state index is 13.7. The number of carbonyl (C=O) groups excluding carboxylic acids is 2. The Morgan fingerprint density at radius 2 is 1.30 bits per heavy atom. The van der Waals surface area contributed by atoms with Gasteiger partial charge < -0.3 is 10.6 Å². The van der Waals surface area contributed by atoms with Crippen LogP contribution in [0.4, 0.5) is 28.9 Å². The van der Waals surface area contributed by atoms with Crippen molar-refractivity contribution in [2.45, 2.75) is 6.18 Å². The molecule has 4 rings (SSSR count). The fraction of sp³-hybridized carbons (Fsp3) is 0.0400. The number of rotatable bonds is 4. The number of fused-ring (bicyclic) bond motifs is 1. The first-order valence-corrected chi connectivity index (χ1v) is 9.79. The van der Waals surface area contributed by atoms with Crippen molar-refractivity contribution >= 4 is 34.0 Å². The third-order valence-electron chi connectivity index (χ3n) is 4.95. The Morgan fingerprint density at radius 3 is 2.00 bits per heavy atom. The Balaban J connectivity index is 1.59. The number of benzene rings is 4. The maximum Gasteiger partial charge on any atom is 0.418 e. The second-order valence-corrected chi connectivity index (χ2v) is 7.24. The van der Waals surface area contributed by atoms with E-state index in [2.05, 4.69) is 10.6 Å². The normalized spacial score (nSPS) is 11.3. The van der Waals surface area contributed by atoms with E-state index in [0.717, 1.165) is 35.0 Å². The molecule has 0 heterocycles. The Morgan fingerprint density at radius 1 is 0.667 bits per heavy atom. The summed E-state index contributed by atoms with van der Waals surface area (Å²) < 4.78 is 54.1. The summed E-state index contributed by atoms with van der Waals surface area (Å²) in [6, 6.07) is 19.7. The van der Waals surface area contributed by atoms with Crippen LogP contribution in [0.25, 0.3) is 10.8 Å². The first kappa shape index (κ1) is 22.0. The van der Waals surface area contributed by atoms with Crippen LogP contribution in [-0.2, 0) is 6.18 Å². The van der Waals surface area contributed by atoms with Crippen LogP contribution in [0.2, 0.25) is 0 Å². The summed E-state index contributed by atoms with van der Waals surface area (Å²) in [4.78, 5) is 24.9. The number of hydrogen-bond acceptors (Lipinski definition) is 2. The minimum absolute atomic E-state index is 0.0821. The van der Waals surface area contributed by atoms with E-state index in [9.17, 15) is 27.2 Å². The summed E-state index contributed by atoms with van der Waals surface area (Å²) in [5.41, 5.74) is -1.40. The summed E-state index contributed by atoms with van der Waals surface area (Å²) in [7, 11) is 0. The van der Waals surface area contributed by atoms with E-state index in [1.165, 1.54) is 24.3 Å². The van der Waals surface area contributed by atoms with Gasteiger partial charge in [0, 0.05) is 16.8 Å². The summed E-state index contributed by atoms with van der Waals surface area (Å²) in [5.74, 6) is -1.94. The van der Waals surface area contributed by atoms with Gasteiger partial charge in [0.25, 0.3) is 11.8 Å². The largest absolute Gasteiger partial charge is 0.418 e. The van der Waals surface area contributed by atoms with Crippen LogP contribution in [0.15, 0.2) is 84.9 Å². The molecule has 2 amide bonds. The lowest BCUT2D eigenvalue weighted by Gasteiger charge is -2.16. The van der Waals surface area contributed by atoms with E-state index in [4.69, 9.17) is 0 Å². The Kier molecular flexibility index (Phi) is 5.83. The number of amides is 2. The van der Waals surface area contributed by atoms with Gasteiger partial charge in [-0.25, -0.2) is 4.39 Å². The molecular weight excluding hydrogens is 436 g/mol. The zero-order valence-corrected chi connectivity index (χ0v) is 16.9. The highest BCUT2D eigenvalue weighted by molar-refractivity contribution is 6.07. The number of anilines is 2. The molecule has 0 fully saturated rings. The minimum Gasteiger partial charge on any atom is -0.322 e. The Bertz CT molecular complexity index is 1350. The summed E-state index contributed by atoms with van der Waals surface area (Å²) >= 11 is 0. The van der Waals surface area contributed by atoms with Gasteiger partial charge in [-0.15, -0.1) is 0 Å². The van der Waals surface area contributed by atoms with Crippen LogP contribution in [0.3, 0.4) is 0 Å². The van der Waals surface area contributed by atoms with Gasteiger partial charge in [0.1, 0.15) is 5.82 Å². The third-order valence-corrected chi connectivity index (χ3v) is 4.95. The Labute approximate surface area is 185 Å². The average Bonchev–Trinajstić information content (AvgIpc) is 2.79. The van der Waals surface area contributed by atoms with Crippen molar-refractivity contribution in [1.82, 2.24) is 0 Å². The van der Waals surface area contributed by atoms with Gasteiger partial charge in [-0.05, 0) is 65.4 Å². The topological polar surface area (TPSA) is 58.2 Å². The molecule has 0 aliphatic heterocycles. The maximum absolute atomic E-state index is 13.7. The predicted octanol–water partition coefficient (Wildman–Crippen LogP) is 6.50. The van der Waals surface area contributed by atoms with Crippen molar-refractivity contribution in [2.75, 3.05) is 10.6 Å². The summed E-state index contributed by atoms with van der Waals surface area (Å²) in [6.07, 6.45) is -4.79. The molecule has 33 heavy (non-hydrogen) atoms. The lowest BCUT2D eigenvalue weighted by Crippen LogP contribution is -2.18. The van der Waals surface area contributed by atoms with E-state index in [0.29, 0.717) is 0 Å². The highest BCUT2D eigenvalue weighted by Crippen LogP contribution is 2.37. The molecule has 0 radical (unpaired) electrons. The van der Waals surface area contributed by atoms with Crippen LogP contribution in [0.1, 0.15) is 26.3 Å². The molecule has 166 valence electrons. The second kappa shape index (κ2) is 8.74. The molecule has 8 heteroatoms. The van der Waals surface area contributed by atoms with E-state index in [1.807, 2.05) is 12.1 Å². The van der Waals surface area contributed by atoms with Crippen LogP contribution >= 0.6 is 0 Å². The molecule has 0 unspecified atom stereocenters. The standard InChI is InChI=1S/C25H16F4N2O2/c26-19-9-7-16(8-10-19)23(32)30-20-11-12-22(21(14-20)25(27,28)29)31-24(33)18-6-5-15-3-1-2-4-17(15)13-18/h1-14H,(H,30,32)(H,31,33). The lowest BCUT2D eigenvalue weighted by molar-refractivity contribution is -0.136. The molecule has 4 aromatic carbocycles. The molecule has 0 saturated carbocycles. The highest BCUT2D eigenvalue weighted by atomic mass is 19.4. The van der Waals surface area contributed by atoms with E-state index in [1.54, 1.807) is 24.3 Å². The van der Waals surface area contributed by atoms with Crippen LogP contribution in [-0.4, -0.2) is 11.8 Å². The molecule has 0 saturated heterocycles. The van der Waals surface area contributed by atoms with Gasteiger partial charge in [0.05, 0.1) is 11.3 Å². The summed E-state index contributed by atoms with van der Waals surface area (Å²) in [5, 5.41) is 6.32. The quantitative estimate of drug-likeness (QED) is 0.347. The number of carbonyl (C=O) groups is 2. The molecule has 0 bridgehead atoms. The smallest absolute Gasteiger partial charge is 0.322 e. The van der Waals surface area contributed by atoms with E-state index in [-0.39, 0.29) is 16.8 Å². The van der Waals surface area contributed by atoms with Gasteiger partial charge in [-0.1, -0.05) is 30.3 Å². The molecular formula is C25H16F4N2O2. The molecule has 0 aliphatic carbocycles. The number of alkyl halides is 3. The first-order valence-electron chi connectivity index (χ1n) is 9.79. The molecule has 0 aliphatic rings. The Hall–Kier alpha value is -4.20. The van der Waals surface area contributed by atoms with Gasteiger partial charge in [-0.2, -0.15) is 13.2 Å². The minimum atomic E-state index is -4.79. The van der Waals surface area contributed by atoms with Crippen molar-refractivity contribution < 1.29 is 27.2 Å². The van der Waals surface area contributed by atoms with Crippen molar-refractivity contribution in [1.29, 1.82) is 0 Å². The monoisotopic (exact) mass is 452 g/mol. The molecule has 4 aromatic rings. The third kappa shape index (κ3) is 5.01. The lowest BCUT2D eigenvalue weighted by atomic mass is 10.1. The average molecular weight is 452 g/mol. The summed E-state index contributed by atoms with van der Waals surface area (Å²) in [6.45, 7) is 0. The zero-order valence-electron chi connectivity index (χ0n) is 16.9. The molecule has 0 spiro atoms. The number of nitrogens with one attached hydrogen (secondary N) is 2. The van der Waals surface area contributed by atoms with Crippen molar-refractivity contribution in [3.05, 3.63) is 107 Å². The van der Waals surface area contributed by atoms with Crippen LogP contribution < -0.4 is 10.6 Å². The van der Waals surface area contributed by atoms with E-state index < -0.39 is 35.1 Å². The van der Waals surface area contributed by atoms with Gasteiger partial charge >= 0.3 is 6.18 Å².